The smallest absolute Gasteiger partial charge is 0.154 e. The standard InChI is InChI=1S/C6H12O3/c7-5-2-1-3-6(8)9-4-5/h5-8H,1-4H2. The van der Waals surface area contributed by atoms with Crippen LogP contribution in [0.25, 0.3) is 0 Å². The molecule has 1 rings (SSSR count). The average molecular weight is 132 g/mol. The second-order valence-corrected chi connectivity index (χ2v) is 2.37. The van der Waals surface area contributed by atoms with Crippen molar-refractivity contribution in [3.05, 3.63) is 0 Å². The van der Waals surface area contributed by atoms with Crippen LogP contribution in [0, 0.1) is 0 Å². The molecule has 0 aromatic heterocycles. The Morgan fingerprint density at radius 1 is 1.22 bits per heavy atom. The molecule has 2 unspecified atom stereocenters. The first kappa shape index (κ1) is 6.99. The maximum Gasteiger partial charge on any atom is 0.154 e. The molecule has 0 bridgehead atoms. The minimum atomic E-state index is -0.651. The molecule has 0 aromatic rings. The number of aliphatic hydroxyl groups is 2. The first-order valence-electron chi connectivity index (χ1n) is 3.27. The summed E-state index contributed by atoms with van der Waals surface area (Å²) in [6, 6.07) is 0. The molecule has 0 amide bonds. The van der Waals surface area contributed by atoms with Gasteiger partial charge in [-0.15, -0.1) is 0 Å². The predicted molar refractivity (Wildman–Crippen MR) is 31.8 cm³/mol. The molecule has 3 nitrogen and oxygen atoms in total. The number of aliphatic hydroxyl groups excluding tert-OH is 2. The van der Waals surface area contributed by atoms with Crippen LogP contribution >= 0.6 is 0 Å². The highest BCUT2D eigenvalue weighted by atomic mass is 16.6. The zero-order valence-corrected chi connectivity index (χ0v) is 5.29. The van der Waals surface area contributed by atoms with Crippen LogP contribution in [0.5, 0.6) is 0 Å². The minimum absolute atomic E-state index is 0.279. The second-order valence-electron chi connectivity index (χ2n) is 2.37. The normalized spacial score (nSPS) is 38.0. The molecule has 0 aliphatic carbocycles. The molecule has 1 saturated heterocycles. The molecule has 0 radical (unpaired) electrons. The third kappa shape index (κ3) is 2.30. The summed E-state index contributed by atoms with van der Waals surface area (Å²) in [4.78, 5) is 0. The van der Waals surface area contributed by atoms with Gasteiger partial charge in [0.1, 0.15) is 0 Å². The largest absolute Gasteiger partial charge is 0.391 e. The molecule has 1 aliphatic rings. The van der Waals surface area contributed by atoms with Crippen LogP contribution in [0.3, 0.4) is 0 Å². The monoisotopic (exact) mass is 132 g/mol. The Hall–Kier alpha value is -0.120. The maximum absolute atomic E-state index is 8.97. The average Bonchev–Trinajstić information content (AvgIpc) is 1.97. The Bertz CT molecular complexity index is 74.4. The van der Waals surface area contributed by atoms with E-state index in [2.05, 4.69) is 0 Å². The SMILES string of the molecule is OC1CCCC(O)OC1. The minimum Gasteiger partial charge on any atom is -0.391 e. The topological polar surface area (TPSA) is 49.7 Å². The lowest BCUT2D eigenvalue weighted by Crippen LogP contribution is -2.16. The van der Waals surface area contributed by atoms with Crippen LogP contribution in [0.15, 0.2) is 0 Å². The van der Waals surface area contributed by atoms with Gasteiger partial charge in [-0.2, -0.15) is 0 Å². The molecule has 1 heterocycles. The Kier molecular flexibility index (Phi) is 2.45. The molecule has 1 fully saturated rings. The van der Waals surface area contributed by atoms with Crippen molar-refractivity contribution in [3.63, 3.8) is 0 Å². The quantitative estimate of drug-likeness (QED) is 0.482. The lowest BCUT2D eigenvalue weighted by Gasteiger charge is -2.06. The molecule has 2 N–H and O–H groups in total. The van der Waals surface area contributed by atoms with Gasteiger partial charge in [0.05, 0.1) is 12.7 Å². The lowest BCUT2D eigenvalue weighted by atomic mass is 10.2. The Morgan fingerprint density at radius 2 is 2.00 bits per heavy atom. The fourth-order valence-electron chi connectivity index (χ4n) is 0.917. The van der Waals surface area contributed by atoms with E-state index in [1.165, 1.54) is 0 Å². The molecule has 9 heavy (non-hydrogen) atoms. The van der Waals surface area contributed by atoms with Crippen LogP contribution < -0.4 is 0 Å². The molecular formula is C6H12O3. The van der Waals surface area contributed by atoms with Gasteiger partial charge in [0.2, 0.25) is 0 Å². The molecular weight excluding hydrogens is 120 g/mol. The molecule has 0 saturated carbocycles. The highest BCUT2D eigenvalue weighted by molar-refractivity contribution is 4.59. The summed E-state index contributed by atoms with van der Waals surface area (Å²) >= 11 is 0. The number of ether oxygens (including phenoxy) is 1. The van der Waals surface area contributed by atoms with Crippen LogP contribution in [0.2, 0.25) is 0 Å². The van der Waals surface area contributed by atoms with Crippen LogP contribution in [-0.4, -0.2) is 29.2 Å². The second kappa shape index (κ2) is 3.15. The highest BCUT2D eigenvalue weighted by Crippen LogP contribution is 2.10. The van der Waals surface area contributed by atoms with Crippen molar-refractivity contribution >= 4 is 0 Å². The third-order valence-corrected chi connectivity index (χ3v) is 1.47. The summed E-state index contributed by atoms with van der Waals surface area (Å²) in [6.07, 6.45) is 1.22. The van der Waals surface area contributed by atoms with Gasteiger partial charge in [-0.05, 0) is 19.3 Å². The molecule has 1 aliphatic heterocycles. The first-order chi connectivity index (χ1) is 4.29. The van der Waals surface area contributed by atoms with E-state index in [9.17, 15) is 0 Å². The highest BCUT2D eigenvalue weighted by Gasteiger charge is 2.13. The number of rotatable bonds is 0. The Morgan fingerprint density at radius 3 is 2.78 bits per heavy atom. The summed E-state index contributed by atoms with van der Waals surface area (Å²) < 4.78 is 4.82. The zero-order chi connectivity index (χ0) is 6.69. The van der Waals surface area contributed by atoms with Crippen molar-refractivity contribution in [2.75, 3.05) is 6.61 Å². The van der Waals surface area contributed by atoms with Crippen molar-refractivity contribution in [1.82, 2.24) is 0 Å². The van der Waals surface area contributed by atoms with Crippen LogP contribution in [0.4, 0.5) is 0 Å². The van der Waals surface area contributed by atoms with E-state index in [4.69, 9.17) is 14.9 Å². The van der Waals surface area contributed by atoms with E-state index in [0.29, 0.717) is 6.42 Å². The van der Waals surface area contributed by atoms with Gasteiger partial charge in [0.15, 0.2) is 6.29 Å². The molecule has 54 valence electrons. The van der Waals surface area contributed by atoms with Crippen molar-refractivity contribution in [3.8, 4) is 0 Å². The molecule has 0 spiro atoms. The summed E-state index contributed by atoms with van der Waals surface area (Å²) in [6.45, 7) is 0.279. The van der Waals surface area contributed by atoms with Crippen LogP contribution in [0.1, 0.15) is 19.3 Å². The van der Waals surface area contributed by atoms with E-state index in [1.54, 1.807) is 0 Å². The van der Waals surface area contributed by atoms with Crippen molar-refractivity contribution in [2.24, 2.45) is 0 Å². The van der Waals surface area contributed by atoms with E-state index >= 15 is 0 Å². The third-order valence-electron chi connectivity index (χ3n) is 1.47. The van der Waals surface area contributed by atoms with Crippen LogP contribution in [-0.2, 0) is 4.74 Å². The maximum atomic E-state index is 8.97. The van der Waals surface area contributed by atoms with Crippen molar-refractivity contribution in [1.29, 1.82) is 0 Å². The van der Waals surface area contributed by atoms with E-state index in [1.807, 2.05) is 0 Å². The van der Waals surface area contributed by atoms with Crippen molar-refractivity contribution in [2.45, 2.75) is 31.7 Å². The fourth-order valence-corrected chi connectivity index (χ4v) is 0.917. The fraction of sp³-hybridized carbons (Fsp3) is 1.00. The van der Waals surface area contributed by atoms with Gasteiger partial charge in [-0.1, -0.05) is 0 Å². The molecule has 2 atom stereocenters. The van der Waals surface area contributed by atoms with Gasteiger partial charge in [0.25, 0.3) is 0 Å². The van der Waals surface area contributed by atoms with Gasteiger partial charge < -0.3 is 14.9 Å². The van der Waals surface area contributed by atoms with Gasteiger partial charge in [0, 0.05) is 0 Å². The summed E-state index contributed by atoms with van der Waals surface area (Å²) in [5.74, 6) is 0. The summed E-state index contributed by atoms with van der Waals surface area (Å²) in [7, 11) is 0. The number of hydrogen-bond donors (Lipinski definition) is 2. The van der Waals surface area contributed by atoms with E-state index in [-0.39, 0.29) is 12.7 Å². The Labute approximate surface area is 54.3 Å². The number of hydrogen-bond acceptors (Lipinski definition) is 3. The zero-order valence-electron chi connectivity index (χ0n) is 5.29. The Balaban J connectivity index is 2.25. The molecule has 3 heteroatoms. The van der Waals surface area contributed by atoms with E-state index in [0.717, 1.165) is 12.8 Å². The van der Waals surface area contributed by atoms with Gasteiger partial charge in [-0.25, -0.2) is 0 Å². The predicted octanol–water partition coefficient (Wildman–Crippen LogP) is -0.134. The van der Waals surface area contributed by atoms with Gasteiger partial charge in [-0.3, -0.25) is 0 Å². The van der Waals surface area contributed by atoms with Gasteiger partial charge >= 0.3 is 0 Å². The molecule has 0 aromatic carbocycles. The first-order valence-corrected chi connectivity index (χ1v) is 3.27. The van der Waals surface area contributed by atoms with E-state index < -0.39 is 6.29 Å². The summed E-state index contributed by atoms with van der Waals surface area (Å²) in [5, 5.41) is 17.8. The van der Waals surface area contributed by atoms with Crippen molar-refractivity contribution < 1.29 is 14.9 Å². The lowest BCUT2D eigenvalue weighted by molar-refractivity contribution is -0.111. The summed E-state index contributed by atoms with van der Waals surface area (Å²) in [5.41, 5.74) is 0.